The molecule has 150 valence electrons. The molecule has 29 heavy (non-hydrogen) atoms. The van der Waals surface area contributed by atoms with Crippen molar-refractivity contribution < 1.29 is 9.18 Å². The molecule has 1 aliphatic carbocycles. The lowest BCUT2D eigenvalue weighted by Gasteiger charge is -2.40. The number of benzene rings is 1. The number of carbonyl (C=O) groups is 1. The lowest BCUT2D eigenvalue weighted by molar-refractivity contribution is -0.133. The summed E-state index contributed by atoms with van der Waals surface area (Å²) in [4.78, 5) is 31.6. The number of nitrogens with zero attached hydrogens (tertiary/aromatic N) is 4. The van der Waals surface area contributed by atoms with E-state index in [9.17, 15) is 9.18 Å². The van der Waals surface area contributed by atoms with Gasteiger partial charge in [-0.2, -0.15) is 0 Å². The highest BCUT2D eigenvalue weighted by Crippen LogP contribution is 2.43. The summed E-state index contributed by atoms with van der Waals surface area (Å²) >= 11 is 0. The van der Waals surface area contributed by atoms with Gasteiger partial charge < -0.3 is 9.88 Å². The second-order valence-corrected chi connectivity index (χ2v) is 8.34. The Morgan fingerprint density at radius 1 is 1.31 bits per heavy atom. The van der Waals surface area contributed by atoms with Crippen molar-refractivity contribution >= 4 is 16.9 Å². The zero-order valence-corrected chi connectivity index (χ0v) is 16.5. The van der Waals surface area contributed by atoms with Crippen LogP contribution in [0.2, 0.25) is 0 Å². The van der Waals surface area contributed by atoms with Gasteiger partial charge in [0.1, 0.15) is 17.5 Å². The van der Waals surface area contributed by atoms with Crippen molar-refractivity contribution in [2.45, 2.75) is 50.9 Å². The van der Waals surface area contributed by atoms with Gasteiger partial charge in [-0.3, -0.25) is 4.79 Å². The van der Waals surface area contributed by atoms with Crippen LogP contribution in [0.25, 0.3) is 11.0 Å². The number of hydrogen-bond donors (Lipinski definition) is 1. The molecule has 7 heteroatoms. The molecule has 1 fully saturated rings. The van der Waals surface area contributed by atoms with E-state index in [1.807, 2.05) is 18.0 Å². The van der Waals surface area contributed by atoms with Gasteiger partial charge in [0.2, 0.25) is 5.91 Å². The van der Waals surface area contributed by atoms with Gasteiger partial charge in [-0.1, -0.05) is 0 Å². The van der Waals surface area contributed by atoms with Gasteiger partial charge in [0.05, 0.1) is 16.7 Å². The summed E-state index contributed by atoms with van der Waals surface area (Å²) in [6.45, 7) is 3.46. The van der Waals surface area contributed by atoms with Gasteiger partial charge in [0.15, 0.2) is 0 Å². The van der Waals surface area contributed by atoms with Crippen LogP contribution in [-0.2, 0) is 23.1 Å². The molecular weight excluding hydrogens is 369 g/mol. The van der Waals surface area contributed by atoms with E-state index in [1.165, 1.54) is 17.7 Å². The predicted octanol–water partition coefficient (Wildman–Crippen LogP) is 3.24. The van der Waals surface area contributed by atoms with Crippen LogP contribution in [0.15, 0.2) is 24.4 Å². The van der Waals surface area contributed by atoms with Gasteiger partial charge in [-0.15, -0.1) is 0 Å². The highest BCUT2D eigenvalue weighted by Gasteiger charge is 2.44. The first kappa shape index (κ1) is 18.2. The fourth-order valence-electron chi connectivity index (χ4n) is 4.91. The largest absolute Gasteiger partial charge is 0.342 e. The van der Waals surface area contributed by atoms with Gasteiger partial charge in [0.25, 0.3) is 0 Å². The molecule has 1 spiro atoms. The Labute approximate surface area is 168 Å². The molecule has 0 radical (unpaired) electrons. The molecule has 2 aromatic heterocycles. The summed E-state index contributed by atoms with van der Waals surface area (Å²) in [6, 6.07) is 4.49. The molecule has 1 aliphatic heterocycles. The Kier molecular flexibility index (Phi) is 4.33. The topological polar surface area (TPSA) is 74.8 Å². The van der Waals surface area contributed by atoms with Crippen LogP contribution in [0.1, 0.15) is 48.6 Å². The third-order valence-electron chi connectivity index (χ3n) is 6.36. The lowest BCUT2D eigenvalue weighted by atomic mass is 9.77. The number of fused-ring (bicyclic) bond motifs is 3. The van der Waals surface area contributed by atoms with Gasteiger partial charge in [0, 0.05) is 37.5 Å². The van der Waals surface area contributed by atoms with Gasteiger partial charge >= 0.3 is 0 Å². The fourth-order valence-corrected chi connectivity index (χ4v) is 4.91. The summed E-state index contributed by atoms with van der Waals surface area (Å²) in [6.07, 6.45) is 6.99. The maximum Gasteiger partial charge on any atom is 0.223 e. The quantitative estimate of drug-likeness (QED) is 0.741. The van der Waals surface area contributed by atoms with Crippen molar-refractivity contribution in [3.63, 3.8) is 0 Å². The number of rotatable bonds is 3. The van der Waals surface area contributed by atoms with Crippen LogP contribution >= 0.6 is 0 Å². The second-order valence-electron chi connectivity index (χ2n) is 8.34. The number of nitrogens with one attached hydrogen (secondary N) is 1. The third-order valence-corrected chi connectivity index (χ3v) is 6.36. The Bertz CT molecular complexity index is 1090. The minimum atomic E-state index is -0.293. The molecule has 0 saturated carbocycles. The maximum atomic E-state index is 13.4. The summed E-state index contributed by atoms with van der Waals surface area (Å²) in [5.74, 6) is 1.38. The van der Waals surface area contributed by atoms with Gasteiger partial charge in [-0.05, 0) is 56.4 Å². The highest BCUT2D eigenvalue weighted by atomic mass is 19.1. The highest BCUT2D eigenvalue weighted by molar-refractivity contribution is 5.77. The van der Waals surface area contributed by atoms with Crippen LogP contribution in [0.3, 0.4) is 0 Å². The van der Waals surface area contributed by atoms with Crippen LogP contribution in [0.4, 0.5) is 4.39 Å². The molecule has 1 aromatic carbocycles. The molecule has 1 N–H and O–H groups in total. The SMILES string of the molecule is Cc1ncc2c(n1)C1(CCCN(C(=O)CCc3nc4ccc(F)cc4[nH]3)C1)CC2. The van der Waals surface area contributed by atoms with Crippen LogP contribution in [-0.4, -0.2) is 43.8 Å². The average Bonchev–Trinajstić information content (AvgIpc) is 3.27. The smallest absolute Gasteiger partial charge is 0.223 e. The molecule has 2 aliphatic rings. The molecule has 0 bridgehead atoms. The molecule has 1 unspecified atom stereocenters. The van der Waals surface area contributed by atoms with E-state index in [-0.39, 0.29) is 17.1 Å². The van der Waals surface area contributed by atoms with Crippen LogP contribution in [0, 0.1) is 12.7 Å². The monoisotopic (exact) mass is 393 g/mol. The number of likely N-dealkylation sites (tertiary alicyclic amines) is 1. The van der Waals surface area contributed by atoms with Crippen molar-refractivity contribution in [1.82, 2.24) is 24.8 Å². The number of carbonyl (C=O) groups excluding carboxylic acids is 1. The van der Waals surface area contributed by atoms with E-state index in [4.69, 9.17) is 4.98 Å². The molecule has 1 atom stereocenters. The Hall–Kier alpha value is -2.83. The molecule has 6 nitrogen and oxygen atoms in total. The van der Waals surface area contributed by atoms with Crippen LogP contribution in [0.5, 0.6) is 0 Å². The van der Waals surface area contributed by atoms with Crippen molar-refractivity contribution in [3.05, 3.63) is 53.1 Å². The first-order chi connectivity index (χ1) is 14.0. The first-order valence-electron chi connectivity index (χ1n) is 10.3. The number of H-pyrrole nitrogens is 1. The number of aromatic nitrogens is 4. The molecule has 5 rings (SSSR count). The number of aryl methyl sites for hydroxylation is 3. The van der Waals surface area contributed by atoms with Crippen molar-refractivity contribution in [2.24, 2.45) is 0 Å². The minimum Gasteiger partial charge on any atom is -0.342 e. The van der Waals surface area contributed by atoms with E-state index >= 15 is 0 Å². The average molecular weight is 393 g/mol. The van der Waals surface area contributed by atoms with Crippen molar-refractivity contribution in [3.8, 4) is 0 Å². The summed E-state index contributed by atoms with van der Waals surface area (Å²) in [5, 5.41) is 0. The molecular formula is C22H24FN5O. The maximum absolute atomic E-state index is 13.4. The number of hydrogen-bond acceptors (Lipinski definition) is 4. The molecule has 1 saturated heterocycles. The predicted molar refractivity (Wildman–Crippen MR) is 107 cm³/mol. The summed E-state index contributed by atoms with van der Waals surface area (Å²) in [7, 11) is 0. The zero-order chi connectivity index (χ0) is 20.0. The molecule has 3 aromatic rings. The van der Waals surface area contributed by atoms with Gasteiger partial charge in [-0.25, -0.2) is 19.3 Å². The number of imidazole rings is 1. The first-order valence-corrected chi connectivity index (χ1v) is 10.3. The standard InChI is InChI=1S/C22H24FN5O/c1-14-24-12-15-7-9-22(21(15)25-14)8-2-10-28(13-22)20(29)6-5-19-26-17-4-3-16(23)11-18(17)27-19/h3-4,11-12H,2,5-10,13H2,1H3,(H,26,27). The van der Waals surface area contributed by atoms with Crippen molar-refractivity contribution in [1.29, 1.82) is 0 Å². The summed E-state index contributed by atoms with van der Waals surface area (Å²) < 4.78 is 13.4. The second kappa shape index (κ2) is 6.90. The molecule has 1 amide bonds. The Balaban J connectivity index is 1.29. The Morgan fingerprint density at radius 2 is 2.21 bits per heavy atom. The van der Waals surface area contributed by atoms with E-state index in [1.54, 1.807) is 6.07 Å². The fraction of sp³-hybridized carbons (Fsp3) is 0.455. The third kappa shape index (κ3) is 3.28. The summed E-state index contributed by atoms with van der Waals surface area (Å²) in [5.41, 5.74) is 3.76. The van der Waals surface area contributed by atoms with E-state index in [0.717, 1.165) is 61.6 Å². The van der Waals surface area contributed by atoms with E-state index in [2.05, 4.69) is 15.0 Å². The van der Waals surface area contributed by atoms with Crippen molar-refractivity contribution in [2.75, 3.05) is 13.1 Å². The number of piperidine rings is 1. The number of halogens is 1. The minimum absolute atomic E-state index is 0.0200. The zero-order valence-electron chi connectivity index (χ0n) is 16.5. The Morgan fingerprint density at radius 3 is 3.10 bits per heavy atom. The van der Waals surface area contributed by atoms with E-state index < -0.39 is 0 Å². The normalized spacial score (nSPS) is 21.1. The lowest BCUT2D eigenvalue weighted by Crippen LogP contribution is -2.48. The van der Waals surface area contributed by atoms with Crippen LogP contribution < -0.4 is 0 Å². The number of amides is 1. The van der Waals surface area contributed by atoms with E-state index in [0.29, 0.717) is 18.4 Å². The number of aromatic amines is 1. The molecule has 3 heterocycles.